The normalized spacial score (nSPS) is 16.4. The number of amides is 1. The van der Waals surface area contributed by atoms with Gasteiger partial charge in [-0.2, -0.15) is 0 Å². The molecular formula is C21H26N2O. The summed E-state index contributed by atoms with van der Waals surface area (Å²) in [6, 6.07) is 14.7. The van der Waals surface area contributed by atoms with Crippen molar-refractivity contribution in [2.45, 2.75) is 31.6 Å². The number of primary amides is 1. The molecule has 2 N–H and O–H groups in total. The highest BCUT2D eigenvalue weighted by Gasteiger charge is 2.24. The lowest BCUT2D eigenvalue weighted by atomic mass is 9.84. The van der Waals surface area contributed by atoms with Gasteiger partial charge in [0.15, 0.2) is 0 Å². The number of benzene rings is 2. The molecule has 0 aromatic heterocycles. The molecule has 0 fully saturated rings. The fraction of sp³-hybridized carbons (Fsp3) is 0.381. The first kappa shape index (κ1) is 16.7. The van der Waals surface area contributed by atoms with Crippen LogP contribution in [0.2, 0.25) is 0 Å². The van der Waals surface area contributed by atoms with Crippen LogP contribution in [0.3, 0.4) is 0 Å². The monoisotopic (exact) mass is 322 g/mol. The first-order valence-electron chi connectivity index (χ1n) is 8.71. The topological polar surface area (TPSA) is 46.3 Å². The van der Waals surface area contributed by atoms with Gasteiger partial charge < -0.3 is 10.6 Å². The van der Waals surface area contributed by atoms with E-state index < -0.39 is 0 Å². The molecule has 1 unspecified atom stereocenters. The van der Waals surface area contributed by atoms with Crippen LogP contribution in [-0.4, -0.2) is 31.4 Å². The Hall–Kier alpha value is -2.13. The number of carbonyl (C=O) groups is 1. The van der Waals surface area contributed by atoms with E-state index >= 15 is 0 Å². The van der Waals surface area contributed by atoms with Crippen molar-refractivity contribution in [3.63, 3.8) is 0 Å². The largest absolute Gasteiger partial charge is 0.366 e. The van der Waals surface area contributed by atoms with Gasteiger partial charge in [-0.05, 0) is 80.7 Å². The number of nitrogens with zero attached hydrogens (tertiary/aromatic N) is 1. The zero-order valence-corrected chi connectivity index (χ0v) is 14.6. The molecule has 0 saturated heterocycles. The average Bonchev–Trinajstić information content (AvgIpc) is 2.71. The van der Waals surface area contributed by atoms with Crippen molar-refractivity contribution in [1.29, 1.82) is 0 Å². The van der Waals surface area contributed by atoms with Gasteiger partial charge in [0.1, 0.15) is 0 Å². The number of nitrogens with two attached hydrogens (primary N) is 1. The van der Waals surface area contributed by atoms with Crippen LogP contribution < -0.4 is 5.73 Å². The number of hydrogen-bond acceptors (Lipinski definition) is 2. The summed E-state index contributed by atoms with van der Waals surface area (Å²) in [5, 5.41) is 0. The van der Waals surface area contributed by atoms with E-state index in [9.17, 15) is 4.79 Å². The standard InChI is InChI=1S/C21H26N2O/c1-23(2)13-5-8-19-18-7-4-3-6-15(18)9-10-16-11-12-17(21(22)24)14-20(16)19/h3-4,6-7,11-12,14,19H,5,8-10,13H2,1-2H3,(H2,22,24). The van der Waals surface area contributed by atoms with Crippen molar-refractivity contribution in [3.05, 3.63) is 70.3 Å². The number of aryl methyl sites for hydroxylation is 2. The Labute approximate surface area is 144 Å². The molecule has 3 rings (SSSR count). The Morgan fingerprint density at radius 1 is 1.08 bits per heavy atom. The quantitative estimate of drug-likeness (QED) is 0.917. The summed E-state index contributed by atoms with van der Waals surface area (Å²) in [4.78, 5) is 13.9. The van der Waals surface area contributed by atoms with E-state index in [0.29, 0.717) is 11.5 Å². The van der Waals surface area contributed by atoms with Crippen LogP contribution in [-0.2, 0) is 12.8 Å². The van der Waals surface area contributed by atoms with Crippen LogP contribution in [0.1, 0.15) is 51.4 Å². The molecule has 2 aromatic carbocycles. The van der Waals surface area contributed by atoms with Crippen LogP contribution in [0, 0.1) is 0 Å². The van der Waals surface area contributed by atoms with Gasteiger partial charge in [0.05, 0.1) is 0 Å². The van der Waals surface area contributed by atoms with Gasteiger partial charge in [-0.25, -0.2) is 0 Å². The van der Waals surface area contributed by atoms with Crippen molar-refractivity contribution in [2.24, 2.45) is 5.73 Å². The highest BCUT2D eigenvalue weighted by molar-refractivity contribution is 5.93. The van der Waals surface area contributed by atoms with E-state index in [-0.39, 0.29) is 5.91 Å². The summed E-state index contributed by atoms with van der Waals surface area (Å²) in [5.74, 6) is 0.000300. The lowest BCUT2D eigenvalue weighted by Gasteiger charge is -2.22. The number of rotatable bonds is 5. The summed E-state index contributed by atoms with van der Waals surface area (Å²) in [7, 11) is 4.22. The smallest absolute Gasteiger partial charge is 0.248 e. The third kappa shape index (κ3) is 3.51. The molecule has 0 heterocycles. The van der Waals surface area contributed by atoms with E-state index in [1.165, 1.54) is 22.3 Å². The molecule has 1 aliphatic rings. The number of hydrogen-bond donors (Lipinski definition) is 1. The van der Waals surface area contributed by atoms with Crippen molar-refractivity contribution in [3.8, 4) is 0 Å². The Morgan fingerprint density at radius 3 is 2.50 bits per heavy atom. The van der Waals surface area contributed by atoms with Gasteiger partial charge in [-0.15, -0.1) is 0 Å². The summed E-state index contributed by atoms with van der Waals surface area (Å²) < 4.78 is 0. The molecule has 3 heteroatoms. The van der Waals surface area contributed by atoms with Gasteiger partial charge in [-0.1, -0.05) is 30.3 Å². The molecule has 0 saturated carbocycles. The summed E-state index contributed by atoms with van der Waals surface area (Å²) >= 11 is 0. The summed E-state index contributed by atoms with van der Waals surface area (Å²) in [5.41, 5.74) is 11.6. The molecule has 1 aliphatic carbocycles. The minimum absolute atomic E-state index is 0.345. The van der Waals surface area contributed by atoms with E-state index in [4.69, 9.17) is 5.73 Å². The highest BCUT2D eigenvalue weighted by atomic mass is 16.1. The first-order valence-corrected chi connectivity index (χ1v) is 8.71. The van der Waals surface area contributed by atoms with Crippen LogP contribution in [0.15, 0.2) is 42.5 Å². The van der Waals surface area contributed by atoms with E-state index in [1.807, 2.05) is 12.1 Å². The van der Waals surface area contributed by atoms with Crippen LogP contribution in [0.5, 0.6) is 0 Å². The lowest BCUT2D eigenvalue weighted by molar-refractivity contribution is 0.1000. The molecule has 0 spiro atoms. The lowest BCUT2D eigenvalue weighted by Crippen LogP contribution is -2.15. The molecule has 2 aromatic rings. The van der Waals surface area contributed by atoms with E-state index in [1.54, 1.807) is 0 Å². The third-order valence-corrected chi connectivity index (χ3v) is 5.00. The first-order chi connectivity index (χ1) is 11.6. The molecule has 1 amide bonds. The molecule has 126 valence electrons. The molecule has 3 nitrogen and oxygen atoms in total. The van der Waals surface area contributed by atoms with Gasteiger partial charge in [0.25, 0.3) is 0 Å². The second kappa shape index (κ2) is 7.18. The van der Waals surface area contributed by atoms with Gasteiger partial charge in [0, 0.05) is 11.5 Å². The summed E-state index contributed by atoms with van der Waals surface area (Å²) in [6.07, 6.45) is 4.30. The van der Waals surface area contributed by atoms with Crippen molar-refractivity contribution in [2.75, 3.05) is 20.6 Å². The molecule has 24 heavy (non-hydrogen) atoms. The van der Waals surface area contributed by atoms with Crippen LogP contribution in [0.25, 0.3) is 0 Å². The third-order valence-electron chi connectivity index (χ3n) is 5.00. The maximum atomic E-state index is 11.6. The average molecular weight is 322 g/mol. The van der Waals surface area contributed by atoms with E-state index in [2.05, 4.69) is 49.3 Å². The molecule has 1 atom stereocenters. The minimum atomic E-state index is -0.345. The van der Waals surface area contributed by atoms with Gasteiger partial charge in [0.2, 0.25) is 5.91 Å². The second-order valence-corrected chi connectivity index (χ2v) is 6.97. The minimum Gasteiger partial charge on any atom is -0.366 e. The maximum Gasteiger partial charge on any atom is 0.248 e. The fourth-order valence-corrected chi connectivity index (χ4v) is 3.76. The predicted molar refractivity (Wildman–Crippen MR) is 98.4 cm³/mol. The Morgan fingerprint density at radius 2 is 1.79 bits per heavy atom. The summed E-state index contributed by atoms with van der Waals surface area (Å²) in [6.45, 7) is 1.07. The number of carbonyl (C=O) groups excluding carboxylic acids is 1. The molecule has 0 radical (unpaired) electrons. The van der Waals surface area contributed by atoms with Crippen molar-refractivity contribution in [1.82, 2.24) is 4.90 Å². The van der Waals surface area contributed by atoms with Crippen molar-refractivity contribution < 1.29 is 4.79 Å². The fourth-order valence-electron chi connectivity index (χ4n) is 3.76. The molecule has 0 bridgehead atoms. The van der Waals surface area contributed by atoms with Gasteiger partial charge in [-0.3, -0.25) is 4.79 Å². The zero-order valence-electron chi connectivity index (χ0n) is 14.6. The maximum absolute atomic E-state index is 11.6. The second-order valence-electron chi connectivity index (χ2n) is 6.97. The Kier molecular flexibility index (Phi) is 5.00. The van der Waals surface area contributed by atoms with E-state index in [0.717, 1.165) is 32.2 Å². The Bertz CT molecular complexity index is 736. The molecular weight excluding hydrogens is 296 g/mol. The predicted octanol–water partition coefficient (Wildman–Crippen LogP) is 3.36. The number of fused-ring (bicyclic) bond motifs is 2. The Balaban J connectivity index is 2.02. The van der Waals surface area contributed by atoms with Crippen LogP contribution >= 0.6 is 0 Å². The van der Waals surface area contributed by atoms with Gasteiger partial charge >= 0.3 is 0 Å². The van der Waals surface area contributed by atoms with Crippen LogP contribution in [0.4, 0.5) is 0 Å². The molecule has 0 aliphatic heterocycles. The highest BCUT2D eigenvalue weighted by Crippen LogP contribution is 2.37. The SMILES string of the molecule is CN(C)CCCC1c2ccccc2CCc2ccc(C(N)=O)cc21. The van der Waals surface area contributed by atoms with Crippen molar-refractivity contribution >= 4 is 5.91 Å². The zero-order chi connectivity index (χ0) is 17.1.